The zero-order valence-corrected chi connectivity index (χ0v) is 13.1. The monoisotopic (exact) mass is 293 g/mol. The third-order valence-corrected chi connectivity index (χ3v) is 4.49. The highest BCUT2D eigenvalue weighted by molar-refractivity contribution is 6.11. The van der Waals surface area contributed by atoms with Gasteiger partial charge in [0.05, 0.1) is 5.41 Å². The van der Waals surface area contributed by atoms with Crippen LogP contribution >= 0.6 is 0 Å². The maximum absolute atomic E-state index is 12.7. The summed E-state index contributed by atoms with van der Waals surface area (Å²) in [5, 5.41) is 0. The molecule has 3 rings (SSSR count). The van der Waals surface area contributed by atoms with E-state index in [-0.39, 0.29) is 18.1 Å². The number of benzene rings is 2. The van der Waals surface area contributed by atoms with Crippen molar-refractivity contribution in [1.82, 2.24) is 0 Å². The van der Waals surface area contributed by atoms with Crippen LogP contribution in [0.5, 0.6) is 0 Å². The lowest BCUT2D eigenvalue weighted by Gasteiger charge is -2.22. The molecule has 1 aliphatic rings. The van der Waals surface area contributed by atoms with Gasteiger partial charge in [-0.05, 0) is 25.5 Å². The number of rotatable bonds is 3. The topological polar surface area (TPSA) is 37.4 Å². The largest absolute Gasteiger partial charge is 0.314 e. The number of anilines is 1. The summed E-state index contributed by atoms with van der Waals surface area (Å²) in [7, 11) is 1.77. The first-order valence-corrected chi connectivity index (χ1v) is 7.41. The third-order valence-electron chi connectivity index (χ3n) is 4.49. The van der Waals surface area contributed by atoms with Crippen LogP contribution in [0.2, 0.25) is 0 Å². The van der Waals surface area contributed by atoms with Crippen molar-refractivity contribution in [3.05, 3.63) is 65.2 Å². The molecule has 1 amide bonds. The first kappa shape index (κ1) is 14.5. The van der Waals surface area contributed by atoms with Gasteiger partial charge in [0.15, 0.2) is 5.78 Å². The Balaban J connectivity index is 2.01. The Kier molecular flexibility index (Phi) is 3.36. The molecule has 2 aromatic carbocycles. The Morgan fingerprint density at radius 3 is 2.50 bits per heavy atom. The first-order valence-electron chi connectivity index (χ1n) is 7.41. The number of carbonyl (C=O) groups is 2. The van der Waals surface area contributed by atoms with E-state index in [2.05, 4.69) is 0 Å². The average Bonchev–Trinajstić information content (AvgIpc) is 2.70. The molecule has 0 aliphatic carbocycles. The molecule has 3 nitrogen and oxygen atoms in total. The molecule has 0 saturated carbocycles. The highest BCUT2D eigenvalue weighted by Crippen LogP contribution is 2.44. The van der Waals surface area contributed by atoms with Gasteiger partial charge in [0.1, 0.15) is 0 Å². The number of aryl methyl sites for hydroxylation is 1. The fraction of sp³-hybridized carbons (Fsp3) is 0.263. The van der Waals surface area contributed by atoms with Gasteiger partial charge in [0, 0.05) is 24.7 Å². The van der Waals surface area contributed by atoms with Crippen LogP contribution in [0.3, 0.4) is 0 Å². The number of likely N-dealkylation sites (N-methyl/N-ethyl adjacent to an activating group) is 1. The molecule has 2 aromatic rings. The standard InChI is InChI=1S/C19H19NO2/c1-13-9-10-16-15(11-13)19(2,18(22)20(16)3)12-17(21)14-7-5-4-6-8-14/h4-11H,12H2,1-3H3/t19-/m1/s1. The Bertz CT molecular complexity index is 751. The average molecular weight is 293 g/mol. The molecule has 0 bridgehead atoms. The number of nitrogens with zero attached hydrogens (tertiary/aromatic N) is 1. The molecule has 0 N–H and O–H groups in total. The van der Waals surface area contributed by atoms with E-state index in [4.69, 9.17) is 0 Å². The SMILES string of the molecule is Cc1ccc2c(c1)[C@@](C)(CC(=O)c1ccccc1)C(=O)N2C. The van der Waals surface area contributed by atoms with Crippen molar-refractivity contribution in [2.45, 2.75) is 25.7 Å². The maximum Gasteiger partial charge on any atom is 0.237 e. The van der Waals surface area contributed by atoms with Gasteiger partial charge in [-0.2, -0.15) is 0 Å². The number of hydrogen-bond acceptors (Lipinski definition) is 2. The van der Waals surface area contributed by atoms with Crippen LogP contribution in [0.15, 0.2) is 48.5 Å². The zero-order chi connectivity index (χ0) is 15.9. The van der Waals surface area contributed by atoms with E-state index in [1.165, 1.54) is 0 Å². The molecule has 0 fully saturated rings. The molecule has 1 heterocycles. The number of ketones is 1. The van der Waals surface area contributed by atoms with Crippen molar-refractivity contribution in [1.29, 1.82) is 0 Å². The van der Waals surface area contributed by atoms with Gasteiger partial charge < -0.3 is 4.90 Å². The predicted molar refractivity (Wildman–Crippen MR) is 87.3 cm³/mol. The van der Waals surface area contributed by atoms with Gasteiger partial charge in [0.25, 0.3) is 0 Å². The molecule has 0 saturated heterocycles. The minimum Gasteiger partial charge on any atom is -0.314 e. The van der Waals surface area contributed by atoms with Crippen LogP contribution in [0, 0.1) is 6.92 Å². The van der Waals surface area contributed by atoms with Crippen molar-refractivity contribution in [2.75, 3.05) is 11.9 Å². The molecular weight excluding hydrogens is 274 g/mol. The third kappa shape index (κ3) is 2.13. The van der Waals surface area contributed by atoms with Crippen molar-refractivity contribution >= 4 is 17.4 Å². The highest BCUT2D eigenvalue weighted by atomic mass is 16.2. The number of carbonyl (C=O) groups excluding carboxylic acids is 2. The van der Waals surface area contributed by atoms with Crippen LogP contribution in [0.25, 0.3) is 0 Å². The number of fused-ring (bicyclic) bond motifs is 1. The van der Waals surface area contributed by atoms with Crippen LogP contribution in [-0.2, 0) is 10.2 Å². The molecular formula is C19H19NO2. The number of amides is 1. The molecule has 0 unspecified atom stereocenters. The molecule has 0 aromatic heterocycles. The van der Waals surface area contributed by atoms with Gasteiger partial charge in [-0.3, -0.25) is 9.59 Å². The fourth-order valence-corrected chi connectivity index (χ4v) is 3.20. The van der Waals surface area contributed by atoms with Gasteiger partial charge >= 0.3 is 0 Å². The lowest BCUT2D eigenvalue weighted by molar-refractivity contribution is -0.122. The Morgan fingerprint density at radius 1 is 1.14 bits per heavy atom. The van der Waals surface area contributed by atoms with E-state index in [0.29, 0.717) is 5.56 Å². The summed E-state index contributed by atoms with van der Waals surface area (Å²) in [5.74, 6) is -0.0170. The van der Waals surface area contributed by atoms with E-state index in [1.807, 2.05) is 50.2 Å². The molecule has 1 atom stereocenters. The van der Waals surface area contributed by atoms with Gasteiger partial charge in [-0.1, -0.05) is 48.0 Å². The minimum absolute atomic E-state index is 0.000735. The van der Waals surface area contributed by atoms with E-state index in [1.54, 1.807) is 24.1 Å². The summed E-state index contributed by atoms with van der Waals surface area (Å²) < 4.78 is 0. The van der Waals surface area contributed by atoms with Crippen molar-refractivity contribution < 1.29 is 9.59 Å². The lowest BCUT2D eigenvalue weighted by Crippen LogP contribution is -2.37. The second kappa shape index (κ2) is 5.09. The van der Waals surface area contributed by atoms with Crippen LogP contribution in [0.4, 0.5) is 5.69 Å². The van der Waals surface area contributed by atoms with Crippen LogP contribution in [0.1, 0.15) is 34.8 Å². The van der Waals surface area contributed by atoms with E-state index in [0.717, 1.165) is 16.8 Å². The summed E-state index contributed by atoms with van der Waals surface area (Å²) in [5.41, 5.74) is 2.81. The van der Waals surface area contributed by atoms with E-state index in [9.17, 15) is 9.59 Å². The maximum atomic E-state index is 12.7. The summed E-state index contributed by atoms with van der Waals surface area (Å²) >= 11 is 0. The molecule has 0 radical (unpaired) electrons. The Labute approximate surface area is 130 Å². The van der Waals surface area contributed by atoms with Gasteiger partial charge in [0.2, 0.25) is 5.91 Å². The van der Waals surface area contributed by atoms with Crippen LogP contribution in [-0.4, -0.2) is 18.7 Å². The molecule has 0 spiro atoms. The van der Waals surface area contributed by atoms with Gasteiger partial charge in [-0.25, -0.2) is 0 Å². The summed E-state index contributed by atoms with van der Waals surface area (Å²) in [6.45, 7) is 3.88. The zero-order valence-electron chi connectivity index (χ0n) is 13.1. The fourth-order valence-electron chi connectivity index (χ4n) is 3.20. The number of hydrogen-bond donors (Lipinski definition) is 0. The number of Topliss-reactive ketones (excluding diaryl/α,β-unsaturated/α-hetero) is 1. The van der Waals surface area contributed by atoms with E-state index >= 15 is 0 Å². The van der Waals surface area contributed by atoms with Crippen molar-refractivity contribution in [3.63, 3.8) is 0 Å². The normalized spacial score (nSPS) is 20.1. The second-order valence-electron chi connectivity index (χ2n) is 6.18. The Hall–Kier alpha value is -2.42. The minimum atomic E-state index is -0.789. The molecule has 22 heavy (non-hydrogen) atoms. The van der Waals surface area contributed by atoms with Crippen LogP contribution < -0.4 is 4.90 Å². The van der Waals surface area contributed by atoms with Crippen molar-refractivity contribution in [3.8, 4) is 0 Å². The van der Waals surface area contributed by atoms with Crippen molar-refractivity contribution in [2.24, 2.45) is 0 Å². The summed E-state index contributed by atoms with van der Waals surface area (Å²) in [4.78, 5) is 27.0. The molecule has 1 aliphatic heterocycles. The lowest BCUT2D eigenvalue weighted by atomic mass is 9.78. The predicted octanol–water partition coefficient (Wildman–Crippen LogP) is 3.50. The molecule has 3 heteroatoms. The molecule has 112 valence electrons. The quantitative estimate of drug-likeness (QED) is 0.812. The highest BCUT2D eigenvalue weighted by Gasteiger charge is 2.47. The Morgan fingerprint density at radius 2 is 1.82 bits per heavy atom. The second-order valence-corrected chi connectivity index (χ2v) is 6.18. The van der Waals surface area contributed by atoms with Gasteiger partial charge in [-0.15, -0.1) is 0 Å². The first-order chi connectivity index (χ1) is 10.4. The van der Waals surface area contributed by atoms with E-state index < -0.39 is 5.41 Å². The summed E-state index contributed by atoms with van der Waals surface area (Å²) in [6, 6.07) is 15.1. The summed E-state index contributed by atoms with van der Waals surface area (Å²) in [6.07, 6.45) is 0.191. The smallest absolute Gasteiger partial charge is 0.237 e.